The smallest absolute Gasteiger partial charge is 0.240 e. The second-order valence-electron chi connectivity index (χ2n) is 5.61. The normalized spacial score (nSPS) is 18.1. The fourth-order valence-electron chi connectivity index (χ4n) is 2.26. The predicted octanol–water partition coefficient (Wildman–Crippen LogP) is 2.81. The molecule has 0 atom stereocenters. The zero-order valence-electron chi connectivity index (χ0n) is 11.2. The molecule has 0 spiro atoms. The summed E-state index contributed by atoms with van der Waals surface area (Å²) in [4.78, 5) is 0.252. The largest absolute Gasteiger partial charge is 0.398 e. The number of anilines is 1. The first-order valence-corrected chi connectivity index (χ1v) is 8.56. The maximum absolute atomic E-state index is 12.4. The van der Waals surface area contributed by atoms with Gasteiger partial charge in [-0.25, -0.2) is 13.1 Å². The summed E-state index contributed by atoms with van der Waals surface area (Å²) in [5.74, 6) is 0. The summed E-state index contributed by atoms with van der Waals surface area (Å²) in [6, 6.07) is 3.30. The SMILES string of the molecule is Cc1c(N)cc(Br)cc1S(=O)(=O)NCC1(C)CCC1. The molecule has 0 aromatic heterocycles. The van der Waals surface area contributed by atoms with E-state index < -0.39 is 10.0 Å². The van der Waals surface area contributed by atoms with Crippen molar-refractivity contribution < 1.29 is 8.42 Å². The van der Waals surface area contributed by atoms with E-state index >= 15 is 0 Å². The highest BCUT2D eigenvalue weighted by Crippen LogP contribution is 2.39. The van der Waals surface area contributed by atoms with Crippen LogP contribution in [-0.2, 0) is 10.0 Å². The van der Waals surface area contributed by atoms with E-state index in [2.05, 4.69) is 27.6 Å². The molecule has 0 bridgehead atoms. The minimum absolute atomic E-state index is 0.110. The van der Waals surface area contributed by atoms with Gasteiger partial charge in [0.25, 0.3) is 0 Å². The summed E-state index contributed by atoms with van der Waals surface area (Å²) in [6.45, 7) is 4.32. The third-order valence-electron chi connectivity index (χ3n) is 3.90. The number of rotatable bonds is 4. The van der Waals surface area contributed by atoms with Gasteiger partial charge < -0.3 is 5.73 Å². The molecule has 0 amide bonds. The number of sulfonamides is 1. The zero-order chi connectivity index (χ0) is 14.3. The van der Waals surface area contributed by atoms with Crippen molar-refractivity contribution in [2.24, 2.45) is 5.41 Å². The highest BCUT2D eigenvalue weighted by molar-refractivity contribution is 9.10. The minimum atomic E-state index is -3.51. The van der Waals surface area contributed by atoms with Gasteiger partial charge in [0.2, 0.25) is 10.0 Å². The molecule has 1 aliphatic rings. The van der Waals surface area contributed by atoms with Crippen LogP contribution in [0.15, 0.2) is 21.5 Å². The fourth-order valence-corrected chi connectivity index (χ4v) is 4.38. The van der Waals surface area contributed by atoms with E-state index in [1.807, 2.05) is 0 Å². The van der Waals surface area contributed by atoms with Crippen LogP contribution in [0.2, 0.25) is 0 Å². The molecule has 1 aromatic carbocycles. The van der Waals surface area contributed by atoms with E-state index in [9.17, 15) is 8.42 Å². The number of benzene rings is 1. The third kappa shape index (κ3) is 3.12. The quantitative estimate of drug-likeness (QED) is 0.823. The molecular formula is C13H19BrN2O2S. The van der Waals surface area contributed by atoms with Crippen LogP contribution < -0.4 is 10.5 Å². The van der Waals surface area contributed by atoms with Crippen molar-refractivity contribution in [2.45, 2.75) is 38.0 Å². The molecule has 19 heavy (non-hydrogen) atoms. The van der Waals surface area contributed by atoms with E-state index in [0.717, 1.165) is 12.8 Å². The Morgan fingerprint density at radius 3 is 2.58 bits per heavy atom. The maximum atomic E-state index is 12.4. The molecule has 1 aliphatic carbocycles. The molecular weight excluding hydrogens is 328 g/mol. The van der Waals surface area contributed by atoms with Gasteiger partial charge in [-0.15, -0.1) is 0 Å². The van der Waals surface area contributed by atoms with Gasteiger partial charge in [-0.1, -0.05) is 29.3 Å². The summed E-state index contributed by atoms with van der Waals surface area (Å²) < 4.78 is 28.1. The molecule has 1 aromatic rings. The molecule has 3 N–H and O–H groups in total. The van der Waals surface area contributed by atoms with Gasteiger partial charge >= 0.3 is 0 Å². The Morgan fingerprint density at radius 1 is 1.42 bits per heavy atom. The van der Waals surface area contributed by atoms with E-state index in [-0.39, 0.29) is 10.3 Å². The molecule has 2 rings (SSSR count). The van der Waals surface area contributed by atoms with E-state index in [0.29, 0.717) is 22.3 Å². The van der Waals surface area contributed by atoms with Crippen LogP contribution in [0.3, 0.4) is 0 Å². The Kier molecular flexibility index (Phi) is 3.95. The lowest BCUT2D eigenvalue weighted by molar-refractivity contribution is 0.166. The number of nitrogens with one attached hydrogen (secondary N) is 1. The average molecular weight is 347 g/mol. The Morgan fingerprint density at radius 2 is 2.05 bits per heavy atom. The molecule has 0 unspecified atom stereocenters. The maximum Gasteiger partial charge on any atom is 0.240 e. The fraction of sp³-hybridized carbons (Fsp3) is 0.538. The van der Waals surface area contributed by atoms with Crippen molar-refractivity contribution in [3.05, 3.63) is 22.2 Å². The first-order chi connectivity index (χ1) is 8.73. The lowest BCUT2D eigenvalue weighted by atomic mass is 9.71. The number of hydrogen-bond donors (Lipinski definition) is 2. The van der Waals surface area contributed by atoms with Crippen molar-refractivity contribution in [3.8, 4) is 0 Å². The first-order valence-electron chi connectivity index (χ1n) is 6.29. The third-order valence-corrected chi connectivity index (χ3v) is 5.89. The van der Waals surface area contributed by atoms with Gasteiger partial charge in [-0.2, -0.15) is 0 Å². The van der Waals surface area contributed by atoms with Gasteiger partial charge in [0, 0.05) is 16.7 Å². The number of nitrogens with two attached hydrogens (primary N) is 1. The molecule has 1 saturated carbocycles. The number of hydrogen-bond acceptors (Lipinski definition) is 3. The lowest BCUT2D eigenvalue weighted by Crippen LogP contribution is -2.40. The van der Waals surface area contributed by atoms with Crippen LogP contribution in [0.4, 0.5) is 5.69 Å². The Labute approximate surface area is 122 Å². The van der Waals surface area contributed by atoms with Crippen LogP contribution in [0, 0.1) is 12.3 Å². The zero-order valence-corrected chi connectivity index (χ0v) is 13.6. The molecule has 0 heterocycles. The van der Waals surface area contributed by atoms with Gasteiger partial charge in [0.05, 0.1) is 4.90 Å². The van der Waals surface area contributed by atoms with Crippen LogP contribution in [0.25, 0.3) is 0 Å². The molecule has 4 nitrogen and oxygen atoms in total. The standard InChI is InChI=1S/C13H19BrN2O2S/c1-9-11(15)6-10(14)7-12(9)19(17,18)16-8-13(2)4-3-5-13/h6-7,16H,3-5,8,15H2,1-2H3. The average Bonchev–Trinajstić information content (AvgIpc) is 2.28. The van der Waals surface area contributed by atoms with Gasteiger partial charge in [-0.3, -0.25) is 0 Å². The van der Waals surface area contributed by atoms with Crippen LogP contribution >= 0.6 is 15.9 Å². The first kappa shape index (κ1) is 14.8. The molecule has 106 valence electrons. The second kappa shape index (κ2) is 5.07. The van der Waals surface area contributed by atoms with Crippen molar-refractivity contribution in [1.29, 1.82) is 0 Å². The van der Waals surface area contributed by atoms with Crippen molar-refractivity contribution in [1.82, 2.24) is 4.72 Å². The summed E-state index contributed by atoms with van der Waals surface area (Å²) in [5.41, 5.74) is 6.99. The lowest BCUT2D eigenvalue weighted by Gasteiger charge is -2.38. The van der Waals surface area contributed by atoms with Crippen LogP contribution in [-0.4, -0.2) is 15.0 Å². The van der Waals surface area contributed by atoms with E-state index in [1.54, 1.807) is 19.1 Å². The van der Waals surface area contributed by atoms with Gasteiger partial charge in [-0.05, 0) is 42.9 Å². The van der Waals surface area contributed by atoms with Crippen molar-refractivity contribution >= 4 is 31.6 Å². The predicted molar refractivity (Wildman–Crippen MR) is 80.4 cm³/mol. The number of nitrogen functional groups attached to an aromatic ring is 1. The summed E-state index contributed by atoms with van der Waals surface area (Å²) >= 11 is 3.28. The van der Waals surface area contributed by atoms with E-state index in [4.69, 9.17) is 5.73 Å². The number of halogens is 1. The monoisotopic (exact) mass is 346 g/mol. The molecule has 0 saturated heterocycles. The van der Waals surface area contributed by atoms with E-state index in [1.165, 1.54) is 6.42 Å². The van der Waals surface area contributed by atoms with Crippen LogP contribution in [0.5, 0.6) is 0 Å². The van der Waals surface area contributed by atoms with Crippen molar-refractivity contribution in [3.63, 3.8) is 0 Å². The Bertz CT molecular complexity index is 595. The summed E-state index contributed by atoms with van der Waals surface area (Å²) in [5, 5.41) is 0. The summed E-state index contributed by atoms with van der Waals surface area (Å²) in [6.07, 6.45) is 3.34. The van der Waals surface area contributed by atoms with Crippen molar-refractivity contribution in [2.75, 3.05) is 12.3 Å². The molecule has 6 heteroatoms. The minimum Gasteiger partial charge on any atom is -0.398 e. The van der Waals surface area contributed by atoms with Gasteiger partial charge in [0.1, 0.15) is 0 Å². The van der Waals surface area contributed by atoms with Crippen LogP contribution in [0.1, 0.15) is 31.7 Å². The van der Waals surface area contributed by atoms with Gasteiger partial charge in [0.15, 0.2) is 0 Å². The second-order valence-corrected chi connectivity index (χ2v) is 8.26. The molecule has 0 aliphatic heterocycles. The Balaban J connectivity index is 2.24. The molecule has 0 radical (unpaired) electrons. The topological polar surface area (TPSA) is 72.2 Å². The summed E-state index contributed by atoms with van der Waals surface area (Å²) in [7, 11) is -3.51. The highest BCUT2D eigenvalue weighted by Gasteiger charge is 2.33. The molecule has 1 fully saturated rings. The Hall–Kier alpha value is -0.590. The highest BCUT2D eigenvalue weighted by atomic mass is 79.9.